The molecule has 0 unspecified atom stereocenters. The molecule has 1 aliphatic rings. The number of benzene rings is 1. The van der Waals surface area contributed by atoms with Gasteiger partial charge in [0.15, 0.2) is 0 Å². The van der Waals surface area contributed by atoms with Crippen molar-refractivity contribution in [1.29, 1.82) is 0 Å². The molecule has 1 heterocycles. The number of halogens is 1. The summed E-state index contributed by atoms with van der Waals surface area (Å²) in [6.45, 7) is 0.660. The number of amides is 1. The van der Waals surface area contributed by atoms with Crippen LogP contribution in [0.4, 0.5) is 11.4 Å². The van der Waals surface area contributed by atoms with E-state index in [2.05, 4.69) is 21.7 Å². The minimum atomic E-state index is -0.105. The second kappa shape index (κ2) is 8.67. The molecule has 0 aliphatic heterocycles. The van der Waals surface area contributed by atoms with Crippen LogP contribution in [0.25, 0.3) is 0 Å². The van der Waals surface area contributed by atoms with Crippen molar-refractivity contribution in [2.75, 3.05) is 11.9 Å². The average molecular weight is 356 g/mol. The van der Waals surface area contributed by atoms with Gasteiger partial charge >= 0.3 is 0 Å². The summed E-state index contributed by atoms with van der Waals surface area (Å²) in [4.78, 5) is 16.5. The normalized spacial score (nSPS) is 13.9. The first-order valence-corrected chi connectivity index (χ1v) is 9.03. The molecular weight excluding hydrogens is 334 g/mol. The van der Waals surface area contributed by atoms with Crippen LogP contribution in [0.1, 0.15) is 42.5 Å². The number of nitrogens with zero attached hydrogens (tertiary/aromatic N) is 1. The molecule has 0 atom stereocenters. The number of rotatable bonds is 6. The molecule has 0 radical (unpaired) electrons. The molecule has 3 rings (SSSR count). The standard InChI is InChI=1S/C20H22ClN3O/c21-18-8-4-5-9-19(18)24-17-12-16(13-22-14-17)20(25)23-11-10-15-6-2-1-3-7-15/h4-6,8-9,12-14,24H,1-3,7,10-11H2,(H,23,25). The van der Waals surface area contributed by atoms with E-state index in [9.17, 15) is 4.79 Å². The highest BCUT2D eigenvalue weighted by atomic mass is 35.5. The maximum absolute atomic E-state index is 12.3. The van der Waals surface area contributed by atoms with Crippen LogP contribution in [0.2, 0.25) is 5.02 Å². The van der Waals surface area contributed by atoms with E-state index in [4.69, 9.17) is 11.6 Å². The molecular formula is C20H22ClN3O. The lowest BCUT2D eigenvalue weighted by Gasteiger charge is -2.13. The van der Waals surface area contributed by atoms with E-state index in [1.807, 2.05) is 24.3 Å². The molecule has 2 aromatic rings. The number of anilines is 2. The number of pyridine rings is 1. The van der Waals surface area contributed by atoms with Crippen molar-refractivity contribution < 1.29 is 4.79 Å². The van der Waals surface area contributed by atoms with Crippen molar-refractivity contribution in [3.63, 3.8) is 0 Å². The van der Waals surface area contributed by atoms with Gasteiger partial charge in [0.05, 0.1) is 28.2 Å². The van der Waals surface area contributed by atoms with Crippen molar-refractivity contribution in [2.24, 2.45) is 0 Å². The van der Waals surface area contributed by atoms with Gasteiger partial charge in [-0.3, -0.25) is 9.78 Å². The number of aromatic nitrogens is 1. The van der Waals surface area contributed by atoms with E-state index in [1.165, 1.54) is 24.8 Å². The largest absolute Gasteiger partial charge is 0.353 e. The smallest absolute Gasteiger partial charge is 0.252 e. The second-order valence-electron chi connectivity index (χ2n) is 6.18. The zero-order valence-corrected chi connectivity index (χ0v) is 14.9. The van der Waals surface area contributed by atoms with E-state index < -0.39 is 0 Å². The first kappa shape index (κ1) is 17.5. The molecule has 130 valence electrons. The Bertz CT molecular complexity index is 773. The lowest BCUT2D eigenvalue weighted by atomic mass is 9.97. The first-order valence-electron chi connectivity index (χ1n) is 8.65. The summed E-state index contributed by atoms with van der Waals surface area (Å²) in [6, 6.07) is 9.25. The van der Waals surface area contributed by atoms with E-state index in [-0.39, 0.29) is 5.91 Å². The highest BCUT2D eigenvalue weighted by Crippen LogP contribution is 2.24. The Balaban J connectivity index is 1.57. The number of nitrogens with one attached hydrogen (secondary N) is 2. The Morgan fingerprint density at radius 2 is 2.08 bits per heavy atom. The molecule has 0 spiro atoms. The highest BCUT2D eigenvalue weighted by Gasteiger charge is 2.09. The minimum Gasteiger partial charge on any atom is -0.353 e. The third-order valence-electron chi connectivity index (χ3n) is 4.27. The first-order chi connectivity index (χ1) is 12.2. The summed E-state index contributed by atoms with van der Waals surface area (Å²) in [5, 5.41) is 6.79. The maximum atomic E-state index is 12.3. The summed E-state index contributed by atoms with van der Waals surface area (Å²) >= 11 is 6.15. The van der Waals surface area contributed by atoms with Gasteiger partial charge < -0.3 is 10.6 Å². The van der Waals surface area contributed by atoms with Gasteiger partial charge in [-0.2, -0.15) is 0 Å². The monoisotopic (exact) mass is 355 g/mol. The second-order valence-corrected chi connectivity index (χ2v) is 6.59. The Labute approximate surface area is 153 Å². The van der Waals surface area contributed by atoms with E-state index in [0.717, 1.165) is 24.2 Å². The van der Waals surface area contributed by atoms with Gasteiger partial charge in [-0.05, 0) is 50.3 Å². The van der Waals surface area contributed by atoms with Crippen LogP contribution in [-0.2, 0) is 0 Å². The predicted octanol–water partition coefficient (Wildman–Crippen LogP) is 5.10. The molecule has 0 saturated carbocycles. The maximum Gasteiger partial charge on any atom is 0.252 e. The number of carbonyl (C=O) groups excluding carboxylic acids is 1. The van der Waals surface area contributed by atoms with Gasteiger partial charge in [-0.1, -0.05) is 35.4 Å². The Hall–Kier alpha value is -2.33. The zero-order chi connectivity index (χ0) is 17.5. The molecule has 1 aliphatic carbocycles. The van der Waals surface area contributed by atoms with E-state index >= 15 is 0 Å². The van der Waals surface area contributed by atoms with Crippen molar-refractivity contribution in [3.8, 4) is 0 Å². The van der Waals surface area contributed by atoms with Gasteiger partial charge in [-0.25, -0.2) is 0 Å². The molecule has 0 saturated heterocycles. The van der Waals surface area contributed by atoms with Crippen molar-refractivity contribution in [1.82, 2.24) is 10.3 Å². The molecule has 5 heteroatoms. The van der Waals surface area contributed by atoms with Crippen LogP contribution in [0.15, 0.2) is 54.4 Å². The fourth-order valence-electron chi connectivity index (χ4n) is 2.92. The van der Waals surface area contributed by atoms with Crippen molar-refractivity contribution >= 4 is 28.9 Å². The topological polar surface area (TPSA) is 54.0 Å². The van der Waals surface area contributed by atoms with E-state index in [0.29, 0.717) is 17.1 Å². The number of allylic oxidation sites excluding steroid dienone is 1. The van der Waals surface area contributed by atoms with Gasteiger partial charge in [0.2, 0.25) is 0 Å². The third kappa shape index (κ3) is 5.07. The molecule has 4 nitrogen and oxygen atoms in total. The molecule has 1 aromatic carbocycles. The van der Waals surface area contributed by atoms with Gasteiger partial charge in [0, 0.05) is 12.7 Å². The van der Waals surface area contributed by atoms with Crippen molar-refractivity contribution in [2.45, 2.75) is 32.1 Å². The van der Waals surface area contributed by atoms with E-state index in [1.54, 1.807) is 18.5 Å². The number of hydrogen-bond acceptors (Lipinski definition) is 3. The third-order valence-corrected chi connectivity index (χ3v) is 4.60. The summed E-state index contributed by atoms with van der Waals surface area (Å²) < 4.78 is 0. The fraction of sp³-hybridized carbons (Fsp3) is 0.300. The SMILES string of the molecule is O=C(NCCC1=CCCCC1)c1cncc(Nc2ccccc2Cl)c1. The summed E-state index contributed by atoms with van der Waals surface area (Å²) in [7, 11) is 0. The molecule has 0 fully saturated rings. The number of hydrogen-bond donors (Lipinski definition) is 2. The van der Waals surface area contributed by atoms with Gasteiger partial charge in [-0.15, -0.1) is 0 Å². The van der Waals surface area contributed by atoms with Crippen LogP contribution in [0.5, 0.6) is 0 Å². The predicted molar refractivity (Wildman–Crippen MR) is 102 cm³/mol. The molecule has 25 heavy (non-hydrogen) atoms. The van der Waals surface area contributed by atoms with Crippen molar-refractivity contribution in [3.05, 3.63) is 65.0 Å². The number of para-hydroxylation sites is 1. The average Bonchev–Trinajstić information content (AvgIpc) is 2.65. The lowest BCUT2D eigenvalue weighted by molar-refractivity contribution is 0.0953. The summed E-state index contributed by atoms with van der Waals surface area (Å²) in [6.07, 6.45) is 11.4. The van der Waals surface area contributed by atoms with Crippen LogP contribution in [0.3, 0.4) is 0 Å². The zero-order valence-electron chi connectivity index (χ0n) is 14.1. The Kier molecular flexibility index (Phi) is 6.07. The number of carbonyl (C=O) groups is 1. The lowest BCUT2D eigenvalue weighted by Crippen LogP contribution is -2.25. The molecule has 0 bridgehead atoms. The summed E-state index contributed by atoms with van der Waals surface area (Å²) in [5.41, 5.74) is 3.51. The quantitative estimate of drug-likeness (QED) is 0.709. The Morgan fingerprint density at radius 3 is 2.88 bits per heavy atom. The van der Waals surface area contributed by atoms with Gasteiger partial charge in [0.25, 0.3) is 5.91 Å². The van der Waals surface area contributed by atoms with Crippen LogP contribution < -0.4 is 10.6 Å². The molecule has 2 N–H and O–H groups in total. The van der Waals surface area contributed by atoms with Crippen LogP contribution >= 0.6 is 11.6 Å². The fourth-order valence-corrected chi connectivity index (χ4v) is 3.10. The molecule has 1 aromatic heterocycles. The summed E-state index contributed by atoms with van der Waals surface area (Å²) in [5.74, 6) is -0.105. The molecule has 1 amide bonds. The van der Waals surface area contributed by atoms with Gasteiger partial charge in [0.1, 0.15) is 0 Å². The van der Waals surface area contributed by atoms with Crippen LogP contribution in [-0.4, -0.2) is 17.4 Å². The van der Waals surface area contributed by atoms with Crippen LogP contribution in [0, 0.1) is 0 Å². The minimum absolute atomic E-state index is 0.105. The highest BCUT2D eigenvalue weighted by molar-refractivity contribution is 6.33. The Morgan fingerprint density at radius 1 is 1.20 bits per heavy atom.